The van der Waals surface area contributed by atoms with Crippen LogP contribution in [0.2, 0.25) is 0 Å². The van der Waals surface area contributed by atoms with E-state index >= 15 is 0 Å². The number of carbonyl (C=O) groups excluding carboxylic acids is 2. The molecule has 0 N–H and O–H groups in total. The lowest BCUT2D eigenvalue weighted by Crippen LogP contribution is -2.41. The summed E-state index contributed by atoms with van der Waals surface area (Å²) in [6.07, 6.45) is 2.21. The highest BCUT2D eigenvalue weighted by atomic mass is 16.2. The maximum atomic E-state index is 13.1. The first-order valence-corrected chi connectivity index (χ1v) is 10.2. The van der Waals surface area contributed by atoms with Crippen LogP contribution in [-0.4, -0.2) is 40.7 Å². The zero-order valence-corrected chi connectivity index (χ0v) is 16.9. The van der Waals surface area contributed by atoms with Gasteiger partial charge < -0.3 is 9.80 Å². The van der Waals surface area contributed by atoms with Gasteiger partial charge in [-0.3, -0.25) is 9.59 Å². The number of amides is 2. The Bertz CT molecular complexity index is 774. The molecule has 0 radical (unpaired) electrons. The average Bonchev–Trinajstić information content (AvgIpc) is 3.08. The molecule has 1 atom stereocenters. The van der Waals surface area contributed by atoms with Crippen LogP contribution in [0.25, 0.3) is 0 Å². The first-order valence-electron chi connectivity index (χ1n) is 10.2. The van der Waals surface area contributed by atoms with E-state index in [-0.39, 0.29) is 23.8 Å². The molecular formula is C24H30N2O2. The minimum absolute atomic E-state index is 0.0952. The van der Waals surface area contributed by atoms with Crippen LogP contribution in [0.5, 0.6) is 0 Å². The number of hydrogen-bond acceptors (Lipinski definition) is 2. The summed E-state index contributed by atoms with van der Waals surface area (Å²) in [4.78, 5) is 29.3. The third-order valence-electron chi connectivity index (χ3n) is 5.40. The largest absolute Gasteiger partial charge is 0.342 e. The molecule has 0 bridgehead atoms. The van der Waals surface area contributed by atoms with E-state index < -0.39 is 0 Å². The smallest absolute Gasteiger partial charge is 0.228 e. The maximum absolute atomic E-state index is 13.1. The zero-order valence-electron chi connectivity index (χ0n) is 16.9. The van der Waals surface area contributed by atoms with Crippen molar-refractivity contribution in [2.45, 2.75) is 45.7 Å². The zero-order chi connectivity index (χ0) is 19.9. The van der Waals surface area contributed by atoms with Crippen molar-refractivity contribution < 1.29 is 9.59 Å². The van der Waals surface area contributed by atoms with Gasteiger partial charge in [0.1, 0.15) is 0 Å². The van der Waals surface area contributed by atoms with E-state index in [0.29, 0.717) is 19.5 Å². The standard InChI is InChI=1S/C24H30N2O2/c1-19(2)26(17-21-12-7-4-8-13-21)24(28)22-16-23(27)25(18-22)15-9-14-20-10-5-3-6-11-20/h3-8,10-13,19,22H,9,14-18H2,1-2H3. The lowest BCUT2D eigenvalue weighted by atomic mass is 10.1. The van der Waals surface area contributed by atoms with Crippen LogP contribution < -0.4 is 0 Å². The molecule has 0 saturated carbocycles. The van der Waals surface area contributed by atoms with Crippen LogP contribution in [0.3, 0.4) is 0 Å². The molecule has 1 aliphatic heterocycles. The molecular weight excluding hydrogens is 348 g/mol. The third-order valence-corrected chi connectivity index (χ3v) is 5.40. The Morgan fingerprint density at radius 1 is 1.04 bits per heavy atom. The molecule has 0 spiro atoms. The van der Waals surface area contributed by atoms with E-state index in [2.05, 4.69) is 12.1 Å². The van der Waals surface area contributed by atoms with Crippen molar-refractivity contribution in [3.05, 3.63) is 71.8 Å². The molecule has 148 valence electrons. The molecule has 1 aliphatic rings. The Morgan fingerprint density at radius 2 is 1.64 bits per heavy atom. The summed E-state index contributed by atoms with van der Waals surface area (Å²) < 4.78 is 0. The Balaban J connectivity index is 1.55. The van der Waals surface area contributed by atoms with Gasteiger partial charge in [0.15, 0.2) is 0 Å². The van der Waals surface area contributed by atoms with Crippen molar-refractivity contribution in [1.29, 1.82) is 0 Å². The summed E-state index contributed by atoms with van der Waals surface area (Å²) in [6, 6.07) is 20.5. The van der Waals surface area contributed by atoms with E-state index in [0.717, 1.165) is 24.9 Å². The summed E-state index contributed by atoms with van der Waals surface area (Å²) in [6.45, 7) is 5.93. The topological polar surface area (TPSA) is 40.6 Å². The van der Waals surface area contributed by atoms with Crippen molar-refractivity contribution in [1.82, 2.24) is 9.80 Å². The average molecular weight is 379 g/mol. The van der Waals surface area contributed by atoms with Crippen LogP contribution in [0.15, 0.2) is 60.7 Å². The summed E-state index contributed by atoms with van der Waals surface area (Å²) >= 11 is 0. The van der Waals surface area contributed by atoms with E-state index in [1.165, 1.54) is 5.56 Å². The molecule has 1 heterocycles. The van der Waals surface area contributed by atoms with Gasteiger partial charge in [0, 0.05) is 32.1 Å². The van der Waals surface area contributed by atoms with Gasteiger partial charge in [0.25, 0.3) is 0 Å². The minimum atomic E-state index is -0.227. The van der Waals surface area contributed by atoms with Gasteiger partial charge >= 0.3 is 0 Å². The SMILES string of the molecule is CC(C)N(Cc1ccccc1)C(=O)C1CC(=O)N(CCCc2ccccc2)C1. The van der Waals surface area contributed by atoms with Gasteiger partial charge in [0.2, 0.25) is 11.8 Å². The van der Waals surface area contributed by atoms with Crippen LogP contribution >= 0.6 is 0 Å². The Hall–Kier alpha value is -2.62. The molecule has 0 aliphatic carbocycles. The quantitative estimate of drug-likeness (QED) is 0.699. The molecule has 28 heavy (non-hydrogen) atoms. The van der Waals surface area contributed by atoms with Crippen molar-refractivity contribution >= 4 is 11.8 Å². The lowest BCUT2D eigenvalue weighted by molar-refractivity contribution is -0.138. The van der Waals surface area contributed by atoms with E-state index in [4.69, 9.17) is 0 Å². The van der Waals surface area contributed by atoms with Crippen molar-refractivity contribution in [3.8, 4) is 0 Å². The Labute approximate surface area is 168 Å². The van der Waals surface area contributed by atoms with Crippen LogP contribution in [0, 0.1) is 5.92 Å². The fourth-order valence-corrected chi connectivity index (χ4v) is 3.80. The molecule has 4 heteroatoms. The number of hydrogen-bond donors (Lipinski definition) is 0. The minimum Gasteiger partial charge on any atom is -0.342 e. The first kappa shape index (κ1) is 20.1. The van der Waals surface area contributed by atoms with Gasteiger partial charge in [-0.2, -0.15) is 0 Å². The highest BCUT2D eigenvalue weighted by Gasteiger charge is 2.36. The number of likely N-dealkylation sites (tertiary alicyclic amines) is 1. The van der Waals surface area contributed by atoms with Crippen molar-refractivity contribution in [2.75, 3.05) is 13.1 Å². The van der Waals surface area contributed by atoms with Gasteiger partial charge in [-0.05, 0) is 37.8 Å². The maximum Gasteiger partial charge on any atom is 0.228 e. The Kier molecular flexibility index (Phi) is 6.85. The van der Waals surface area contributed by atoms with Crippen LogP contribution in [0.4, 0.5) is 0 Å². The van der Waals surface area contributed by atoms with Gasteiger partial charge in [-0.15, -0.1) is 0 Å². The van der Waals surface area contributed by atoms with Gasteiger partial charge in [-0.1, -0.05) is 60.7 Å². The normalized spacial score (nSPS) is 16.6. The van der Waals surface area contributed by atoms with E-state index in [1.54, 1.807) is 0 Å². The predicted octanol–water partition coefficient (Wildman–Crippen LogP) is 3.90. The summed E-state index contributed by atoms with van der Waals surface area (Å²) in [5, 5.41) is 0. The van der Waals surface area contributed by atoms with Crippen LogP contribution in [0.1, 0.15) is 37.8 Å². The lowest BCUT2D eigenvalue weighted by Gasteiger charge is -2.29. The Morgan fingerprint density at radius 3 is 2.25 bits per heavy atom. The molecule has 3 rings (SSSR count). The monoisotopic (exact) mass is 378 g/mol. The molecule has 1 saturated heterocycles. The van der Waals surface area contributed by atoms with E-state index in [9.17, 15) is 9.59 Å². The molecule has 1 fully saturated rings. The van der Waals surface area contributed by atoms with E-state index in [1.807, 2.05) is 72.2 Å². The number of benzene rings is 2. The second kappa shape index (κ2) is 9.54. The van der Waals surface area contributed by atoms with Crippen molar-refractivity contribution in [3.63, 3.8) is 0 Å². The number of aryl methyl sites for hydroxylation is 1. The molecule has 1 unspecified atom stereocenters. The van der Waals surface area contributed by atoms with Crippen LogP contribution in [-0.2, 0) is 22.6 Å². The molecule has 4 nitrogen and oxygen atoms in total. The second-order valence-electron chi connectivity index (χ2n) is 7.88. The third kappa shape index (κ3) is 5.22. The second-order valence-corrected chi connectivity index (χ2v) is 7.88. The highest BCUT2D eigenvalue weighted by molar-refractivity contribution is 5.89. The molecule has 2 amide bonds. The number of carbonyl (C=O) groups is 2. The van der Waals surface area contributed by atoms with Gasteiger partial charge in [-0.25, -0.2) is 0 Å². The molecule has 2 aromatic carbocycles. The van der Waals surface area contributed by atoms with Gasteiger partial charge in [0.05, 0.1) is 5.92 Å². The molecule has 2 aromatic rings. The first-order chi connectivity index (χ1) is 13.5. The summed E-state index contributed by atoms with van der Waals surface area (Å²) in [5.74, 6) is -0.0251. The number of rotatable bonds is 8. The van der Waals surface area contributed by atoms with Crippen molar-refractivity contribution in [2.24, 2.45) is 5.92 Å². The summed E-state index contributed by atoms with van der Waals surface area (Å²) in [5.41, 5.74) is 2.41. The molecule has 0 aromatic heterocycles. The fraction of sp³-hybridized carbons (Fsp3) is 0.417. The number of nitrogens with zero attached hydrogens (tertiary/aromatic N) is 2. The summed E-state index contributed by atoms with van der Waals surface area (Å²) in [7, 11) is 0. The predicted molar refractivity (Wildman–Crippen MR) is 112 cm³/mol. The highest BCUT2D eigenvalue weighted by Crippen LogP contribution is 2.23. The fourth-order valence-electron chi connectivity index (χ4n) is 3.80.